The number of aliphatic carboxylic acids is 1. The second-order valence-corrected chi connectivity index (χ2v) is 5.83. The molecular formula is C16H20O4. The van der Waals surface area contributed by atoms with Crippen LogP contribution in [0.4, 0.5) is 0 Å². The van der Waals surface area contributed by atoms with Gasteiger partial charge in [0, 0.05) is 12.0 Å². The molecule has 0 spiro atoms. The largest absolute Gasteiger partial charge is 0.493 e. The highest BCUT2D eigenvalue weighted by Gasteiger charge is 2.47. The normalized spacial score (nSPS) is 32.5. The van der Waals surface area contributed by atoms with Gasteiger partial charge in [-0.2, -0.15) is 0 Å². The topological polar surface area (TPSA) is 55.8 Å². The van der Waals surface area contributed by atoms with Crippen molar-refractivity contribution in [2.24, 2.45) is 0 Å². The number of carbonyl (C=O) groups is 1. The van der Waals surface area contributed by atoms with Crippen LogP contribution in [0.3, 0.4) is 0 Å². The van der Waals surface area contributed by atoms with Crippen molar-refractivity contribution in [3.63, 3.8) is 0 Å². The molecule has 108 valence electrons. The number of carboxylic acid groups (broad SMARTS) is 1. The molecule has 1 aromatic carbocycles. The van der Waals surface area contributed by atoms with E-state index in [1.54, 1.807) is 0 Å². The van der Waals surface area contributed by atoms with Gasteiger partial charge in [0.05, 0.1) is 18.8 Å². The Labute approximate surface area is 118 Å². The Bertz CT molecular complexity index is 513. The molecule has 0 radical (unpaired) electrons. The number of hydrogen-bond donors (Lipinski definition) is 1. The fourth-order valence-corrected chi connectivity index (χ4v) is 3.40. The number of benzene rings is 1. The number of ether oxygens (including phenoxy) is 2. The first-order chi connectivity index (χ1) is 9.62. The summed E-state index contributed by atoms with van der Waals surface area (Å²) in [5, 5.41) is 9.85. The number of para-hydroxylation sites is 1. The van der Waals surface area contributed by atoms with Crippen LogP contribution in [0.2, 0.25) is 0 Å². The van der Waals surface area contributed by atoms with Crippen LogP contribution in [-0.4, -0.2) is 29.9 Å². The standard InChI is InChI=1S/C16H20O4/c1-11-6-7-12(20-11)10-16(15(17)18)8-9-19-14-5-3-2-4-13(14)16/h2-5,11-12H,6-10H2,1H3,(H,17,18). The fraction of sp³-hybridized carbons (Fsp3) is 0.562. The maximum Gasteiger partial charge on any atom is 0.314 e. The Morgan fingerprint density at radius 2 is 2.20 bits per heavy atom. The van der Waals surface area contributed by atoms with E-state index in [4.69, 9.17) is 9.47 Å². The van der Waals surface area contributed by atoms with Crippen molar-refractivity contribution in [3.8, 4) is 5.75 Å². The third-order valence-electron chi connectivity index (χ3n) is 4.49. The highest BCUT2D eigenvalue weighted by molar-refractivity contribution is 5.83. The van der Waals surface area contributed by atoms with E-state index < -0.39 is 11.4 Å². The summed E-state index contributed by atoms with van der Waals surface area (Å²) < 4.78 is 11.5. The highest BCUT2D eigenvalue weighted by atomic mass is 16.5. The first-order valence-electron chi connectivity index (χ1n) is 7.23. The Hall–Kier alpha value is -1.55. The van der Waals surface area contributed by atoms with E-state index in [-0.39, 0.29) is 12.2 Å². The van der Waals surface area contributed by atoms with Gasteiger partial charge in [0.15, 0.2) is 0 Å². The average molecular weight is 276 g/mol. The van der Waals surface area contributed by atoms with E-state index in [2.05, 4.69) is 0 Å². The van der Waals surface area contributed by atoms with E-state index >= 15 is 0 Å². The Morgan fingerprint density at radius 3 is 2.90 bits per heavy atom. The molecule has 2 aliphatic heterocycles. The molecule has 3 atom stereocenters. The van der Waals surface area contributed by atoms with E-state index in [0.29, 0.717) is 25.2 Å². The molecule has 0 aromatic heterocycles. The van der Waals surface area contributed by atoms with E-state index in [1.165, 1.54) is 0 Å². The van der Waals surface area contributed by atoms with Crippen LogP contribution in [0.5, 0.6) is 5.75 Å². The lowest BCUT2D eigenvalue weighted by Gasteiger charge is -2.36. The molecular weight excluding hydrogens is 256 g/mol. The Kier molecular flexibility index (Phi) is 3.42. The molecule has 2 heterocycles. The van der Waals surface area contributed by atoms with E-state index in [9.17, 15) is 9.90 Å². The first kappa shape index (κ1) is 13.4. The smallest absolute Gasteiger partial charge is 0.314 e. The summed E-state index contributed by atoms with van der Waals surface area (Å²) in [6.45, 7) is 2.50. The Balaban J connectivity index is 1.95. The number of hydrogen-bond acceptors (Lipinski definition) is 3. The molecule has 0 bridgehead atoms. The quantitative estimate of drug-likeness (QED) is 0.922. The zero-order valence-electron chi connectivity index (χ0n) is 11.7. The minimum absolute atomic E-state index is 0.0345. The van der Waals surface area contributed by atoms with Gasteiger partial charge in [-0.25, -0.2) is 0 Å². The molecule has 4 heteroatoms. The third kappa shape index (κ3) is 2.18. The van der Waals surface area contributed by atoms with Crippen molar-refractivity contribution in [2.75, 3.05) is 6.61 Å². The number of carboxylic acids is 1. The third-order valence-corrected chi connectivity index (χ3v) is 4.49. The highest BCUT2D eigenvalue weighted by Crippen LogP contribution is 2.44. The lowest BCUT2D eigenvalue weighted by Crippen LogP contribution is -2.43. The predicted molar refractivity (Wildman–Crippen MR) is 74.1 cm³/mol. The molecule has 4 nitrogen and oxygen atoms in total. The van der Waals surface area contributed by atoms with Gasteiger partial charge in [-0.05, 0) is 32.3 Å². The molecule has 2 aliphatic rings. The van der Waals surface area contributed by atoms with Gasteiger partial charge in [-0.1, -0.05) is 18.2 Å². The SMILES string of the molecule is CC1CCC(CC2(C(=O)O)CCOc3ccccc32)O1. The summed E-state index contributed by atoms with van der Waals surface area (Å²) in [4.78, 5) is 12.0. The Morgan fingerprint density at radius 1 is 1.40 bits per heavy atom. The van der Waals surface area contributed by atoms with Crippen molar-refractivity contribution >= 4 is 5.97 Å². The molecule has 0 amide bonds. The summed E-state index contributed by atoms with van der Waals surface area (Å²) in [7, 11) is 0. The van der Waals surface area contributed by atoms with Crippen LogP contribution >= 0.6 is 0 Å². The lowest BCUT2D eigenvalue weighted by atomic mass is 9.72. The van der Waals surface area contributed by atoms with Crippen LogP contribution < -0.4 is 4.74 Å². The van der Waals surface area contributed by atoms with Gasteiger partial charge in [0.2, 0.25) is 0 Å². The molecule has 1 saturated heterocycles. The molecule has 20 heavy (non-hydrogen) atoms. The maximum atomic E-state index is 12.0. The molecule has 3 rings (SSSR count). The second-order valence-electron chi connectivity index (χ2n) is 5.83. The zero-order chi connectivity index (χ0) is 14.2. The molecule has 0 aliphatic carbocycles. The maximum absolute atomic E-state index is 12.0. The molecule has 1 fully saturated rings. The molecule has 0 saturated carbocycles. The summed E-state index contributed by atoms with van der Waals surface area (Å²) in [5.41, 5.74) is -0.0780. The van der Waals surface area contributed by atoms with Gasteiger partial charge in [-0.3, -0.25) is 4.79 Å². The van der Waals surface area contributed by atoms with Crippen molar-refractivity contribution in [2.45, 2.75) is 50.2 Å². The van der Waals surface area contributed by atoms with Crippen LogP contribution in [0.15, 0.2) is 24.3 Å². The van der Waals surface area contributed by atoms with E-state index in [1.807, 2.05) is 31.2 Å². The van der Waals surface area contributed by atoms with Gasteiger partial charge in [0.1, 0.15) is 11.2 Å². The summed E-state index contributed by atoms with van der Waals surface area (Å²) in [5.74, 6) is -0.0661. The lowest BCUT2D eigenvalue weighted by molar-refractivity contribution is -0.147. The summed E-state index contributed by atoms with van der Waals surface area (Å²) in [6, 6.07) is 7.49. The second kappa shape index (κ2) is 5.09. The number of rotatable bonds is 3. The van der Waals surface area contributed by atoms with Crippen molar-refractivity contribution in [1.82, 2.24) is 0 Å². The number of fused-ring (bicyclic) bond motifs is 1. The first-order valence-corrected chi connectivity index (χ1v) is 7.23. The van der Waals surface area contributed by atoms with Crippen LogP contribution in [0, 0.1) is 0 Å². The molecule has 1 N–H and O–H groups in total. The van der Waals surface area contributed by atoms with Crippen molar-refractivity contribution in [1.29, 1.82) is 0 Å². The zero-order valence-corrected chi connectivity index (χ0v) is 11.7. The van der Waals surface area contributed by atoms with Crippen molar-refractivity contribution in [3.05, 3.63) is 29.8 Å². The van der Waals surface area contributed by atoms with Crippen molar-refractivity contribution < 1.29 is 19.4 Å². The van der Waals surface area contributed by atoms with Gasteiger partial charge < -0.3 is 14.6 Å². The minimum Gasteiger partial charge on any atom is -0.493 e. The fourth-order valence-electron chi connectivity index (χ4n) is 3.40. The van der Waals surface area contributed by atoms with Gasteiger partial charge in [-0.15, -0.1) is 0 Å². The van der Waals surface area contributed by atoms with E-state index in [0.717, 1.165) is 18.4 Å². The predicted octanol–water partition coefficient (Wildman–Crippen LogP) is 2.75. The minimum atomic E-state index is -0.871. The molecule has 1 aromatic rings. The summed E-state index contributed by atoms with van der Waals surface area (Å²) in [6.07, 6.45) is 3.27. The van der Waals surface area contributed by atoms with Gasteiger partial charge >= 0.3 is 5.97 Å². The van der Waals surface area contributed by atoms with Crippen LogP contribution in [-0.2, 0) is 14.9 Å². The van der Waals surface area contributed by atoms with Gasteiger partial charge in [0.25, 0.3) is 0 Å². The van der Waals surface area contributed by atoms with Crippen LogP contribution in [0.1, 0.15) is 38.2 Å². The molecule has 3 unspecified atom stereocenters. The summed E-state index contributed by atoms with van der Waals surface area (Å²) >= 11 is 0. The van der Waals surface area contributed by atoms with Crippen LogP contribution in [0.25, 0.3) is 0 Å². The average Bonchev–Trinajstić information content (AvgIpc) is 2.84. The monoisotopic (exact) mass is 276 g/mol.